The predicted octanol–water partition coefficient (Wildman–Crippen LogP) is 3.52. The smallest absolute Gasteiger partial charge is 0.240 e. The normalized spacial score (nSPS) is 10.9. The van der Waals surface area contributed by atoms with E-state index in [1.54, 1.807) is 17.5 Å². The fourth-order valence-electron chi connectivity index (χ4n) is 2.83. The highest BCUT2D eigenvalue weighted by atomic mass is 32.1. The molecule has 0 bridgehead atoms. The average Bonchev–Trinajstić information content (AvgIpc) is 3.28. The van der Waals surface area contributed by atoms with Gasteiger partial charge in [0.15, 0.2) is 0 Å². The minimum atomic E-state index is -0.0266. The molecule has 130 valence electrons. The second-order valence-corrected chi connectivity index (χ2v) is 7.04. The number of carbonyl (C=O) groups excluding carboxylic acids is 1. The van der Waals surface area contributed by atoms with Gasteiger partial charge in [0.05, 0.1) is 15.2 Å². The number of amides is 1. The molecule has 2 aromatic carbocycles. The molecule has 0 aliphatic carbocycles. The highest BCUT2D eigenvalue weighted by Crippen LogP contribution is 2.21. The van der Waals surface area contributed by atoms with Crippen LogP contribution in [-0.2, 0) is 17.8 Å². The number of rotatable bonds is 6. The van der Waals surface area contributed by atoms with Crippen LogP contribution in [0.1, 0.15) is 5.01 Å². The minimum Gasteiger partial charge on any atom is -0.354 e. The summed E-state index contributed by atoms with van der Waals surface area (Å²) in [4.78, 5) is 21.2. The number of nitrogens with zero attached hydrogens (tertiary/aromatic N) is 3. The second kappa shape index (κ2) is 7.49. The Balaban J connectivity index is 1.34. The monoisotopic (exact) mass is 362 g/mol. The molecule has 4 rings (SSSR count). The molecule has 2 aromatic heterocycles. The third kappa shape index (κ3) is 3.65. The van der Waals surface area contributed by atoms with E-state index < -0.39 is 0 Å². The van der Waals surface area contributed by atoms with Gasteiger partial charge in [-0.15, -0.1) is 11.3 Å². The first-order valence-electron chi connectivity index (χ1n) is 8.47. The molecule has 2 heterocycles. The van der Waals surface area contributed by atoms with E-state index >= 15 is 0 Å². The second-order valence-electron chi connectivity index (χ2n) is 5.92. The molecule has 0 aliphatic rings. The van der Waals surface area contributed by atoms with Crippen molar-refractivity contribution >= 4 is 27.5 Å². The maximum Gasteiger partial charge on any atom is 0.240 e. The molecule has 0 radical (unpaired) electrons. The molecule has 26 heavy (non-hydrogen) atoms. The van der Waals surface area contributed by atoms with E-state index in [-0.39, 0.29) is 12.5 Å². The maximum absolute atomic E-state index is 12.3. The van der Waals surface area contributed by atoms with Crippen LogP contribution >= 0.6 is 11.3 Å². The van der Waals surface area contributed by atoms with Gasteiger partial charge in [0.1, 0.15) is 12.4 Å². The van der Waals surface area contributed by atoms with Crippen molar-refractivity contribution in [2.24, 2.45) is 0 Å². The Hall–Kier alpha value is -2.99. The Bertz CT molecular complexity index is 989. The van der Waals surface area contributed by atoms with E-state index in [4.69, 9.17) is 0 Å². The van der Waals surface area contributed by atoms with E-state index in [0.717, 1.165) is 28.3 Å². The Labute approximate surface area is 155 Å². The molecule has 1 N–H and O–H groups in total. The molecule has 0 fully saturated rings. The SMILES string of the molecule is O=C(Cn1ccnc1-c1ccccc1)NCCc1nc2ccccc2s1. The van der Waals surface area contributed by atoms with Crippen LogP contribution in [0.15, 0.2) is 67.0 Å². The van der Waals surface area contributed by atoms with E-state index in [1.807, 2.05) is 59.3 Å². The summed E-state index contributed by atoms with van der Waals surface area (Å²) in [6.07, 6.45) is 4.28. The van der Waals surface area contributed by atoms with Gasteiger partial charge in [0, 0.05) is 30.9 Å². The summed E-state index contributed by atoms with van der Waals surface area (Å²) in [7, 11) is 0. The van der Waals surface area contributed by atoms with E-state index in [2.05, 4.69) is 21.4 Å². The fourth-order valence-corrected chi connectivity index (χ4v) is 3.80. The standard InChI is InChI=1S/C20H18N4OS/c25-18(14-24-13-12-22-20(24)15-6-2-1-3-7-15)21-11-10-19-23-16-8-4-5-9-17(16)26-19/h1-9,12-13H,10-11,14H2,(H,21,25). The largest absolute Gasteiger partial charge is 0.354 e. The predicted molar refractivity (Wildman–Crippen MR) is 104 cm³/mol. The first-order valence-corrected chi connectivity index (χ1v) is 9.29. The van der Waals surface area contributed by atoms with E-state index in [0.29, 0.717) is 6.54 Å². The van der Waals surface area contributed by atoms with Crippen LogP contribution < -0.4 is 5.32 Å². The van der Waals surface area contributed by atoms with Crippen molar-refractivity contribution < 1.29 is 4.79 Å². The molecular formula is C20H18N4OS. The Kier molecular flexibility index (Phi) is 4.75. The summed E-state index contributed by atoms with van der Waals surface area (Å²) >= 11 is 1.68. The lowest BCUT2D eigenvalue weighted by molar-refractivity contribution is -0.121. The van der Waals surface area contributed by atoms with E-state index in [1.165, 1.54) is 4.70 Å². The summed E-state index contributed by atoms with van der Waals surface area (Å²) in [5, 5.41) is 4.01. The van der Waals surface area contributed by atoms with Gasteiger partial charge in [-0.3, -0.25) is 4.79 Å². The zero-order chi connectivity index (χ0) is 17.8. The molecule has 0 aliphatic heterocycles. The van der Waals surface area contributed by atoms with Crippen LogP contribution in [0.25, 0.3) is 21.6 Å². The van der Waals surface area contributed by atoms with Crippen molar-refractivity contribution in [2.75, 3.05) is 6.54 Å². The summed E-state index contributed by atoms with van der Waals surface area (Å²) < 4.78 is 3.04. The maximum atomic E-state index is 12.3. The minimum absolute atomic E-state index is 0.0266. The number of carbonyl (C=O) groups is 1. The fraction of sp³-hybridized carbons (Fsp3) is 0.150. The number of para-hydroxylation sites is 1. The molecule has 0 saturated heterocycles. The molecule has 5 nitrogen and oxygen atoms in total. The molecule has 6 heteroatoms. The number of imidazole rings is 1. The van der Waals surface area contributed by atoms with Crippen molar-refractivity contribution in [3.63, 3.8) is 0 Å². The van der Waals surface area contributed by atoms with Crippen LogP contribution in [-0.4, -0.2) is 27.0 Å². The molecule has 0 unspecified atom stereocenters. The van der Waals surface area contributed by atoms with Gasteiger partial charge in [-0.1, -0.05) is 42.5 Å². The summed E-state index contributed by atoms with van der Waals surface area (Å²) in [6, 6.07) is 18.0. The zero-order valence-corrected chi connectivity index (χ0v) is 14.9. The van der Waals surface area contributed by atoms with Crippen molar-refractivity contribution in [2.45, 2.75) is 13.0 Å². The lowest BCUT2D eigenvalue weighted by atomic mass is 10.2. The Morgan fingerprint density at radius 2 is 1.88 bits per heavy atom. The Morgan fingerprint density at radius 3 is 2.73 bits per heavy atom. The van der Waals surface area contributed by atoms with E-state index in [9.17, 15) is 4.79 Å². The van der Waals surface area contributed by atoms with Gasteiger partial charge in [-0.2, -0.15) is 0 Å². The van der Waals surface area contributed by atoms with Gasteiger partial charge in [0.25, 0.3) is 0 Å². The highest BCUT2D eigenvalue weighted by Gasteiger charge is 2.10. The first kappa shape index (κ1) is 16.5. The number of aromatic nitrogens is 3. The topological polar surface area (TPSA) is 59.8 Å². The Morgan fingerprint density at radius 1 is 1.08 bits per heavy atom. The number of fused-ring (bicyclic) bond motifs is 1. The lowest BCUT2D eigenvalue weighted by Crippen LogP contribution is -2.29. The van der Waals surface area contributed by atoms with Crippen molar-refractivity contribution in [1.29, 1.82) is 0 Å². The van der Waals surface area contributed by atoms with Crippen LogP contribution in [0.3, 0.4) is 0 Å². The summed E-state index contributed by atoms with van der Waals surface area (Å²) in [6.45, 7) is 0.831. The van der Waals surface area contributed by atoms with Crippen molar-refractivity contribution in [3.8, 4) is 11.4 Å². The van der Waals surface area contributed by atoms with Crippen molar-refractivity contribution in [1.82, 2.24) is 19.9 Å². The van der Waals surface area contributed by atoms with Gasteiger partial charge < -0.3 is 9.88 Å². The molecular weight excluding hydrogens is 344 g/mol. The molecule has 0 spiro atoms. The highest BCUT2D eigenvalue weighted by molar-refractivity contribution is 7.18. The van der Waals surface area contributed by atoms with Crippen molar-refractivity contribution in [3.05, 3.63) is 72.0 Å². The summed E-state index contributed by atoms with van der Waals surface area (Å²) in [5.74, 6) is 0.771. The van der Waals surface area contributed by atoms with Crippen LogP contribution in [0.5, 0.6) is 0 Å². The number of hydrogen-bond donors (Lipinski definition) is 1. The third-order valence-electron chi connectivity index (χ3n) is 4.06. The molecule has 0 saturated carbocycles. The number of nitrogens with one attached hydrogen (secondary N) is 1. The number of benzene rings is 2. The number of hydrogen-bond acceptors (Lipinski definition) is 4. The van der Waals surface area contributed by atoms with Gasteiger partial charge in [-0.05, 0) is 12.1 Å². The molecule has 1 amide bonds. The molecule has 4 aromatic rings. The van der Waals surface area contributed by atoms with Crippen LogP contribution in [0.4, 0.5) is 0 Å². The lowest BCUT2D eigenvalue weighted by Gasteiger charge is -2.08. The average molecular weight is 362 g/mol. The zero-order valence-electron chi connectivity index (χ0n) is 14.1. The first-order chi connectivity index (χ1) is 12.8. The van der Waals surface area contributed by atoms with Crippen LogP contribution in [0.2, 0.25) is 0 Å². The van der Waals surface area contributed by atoms with Crippen LogP contribution in [0, 0.1) is 0 Å². The van der Waals surface area contributed by atoms with Gasteiger partial charge >= 0.3 is 0 Å². The summed E-state index contributed by atoms with van der Waals surface area (Å²) in [5.41, 5.74) is 2.02. The van der Waals surface area contributed by atoms with Gasteiger partial charge in [-0.25, -0.2) is 9.97 Å². The van der Waals surface area contributed by atoms with Gasteiger partial charge in [0.2, 0.25) is 5.91 Å². The third-order valence-corrected chi connectivity index (χ3v) is 5.16. The quantitative estimate of drug-likeness (QED) is 0.571. The number of thiazole rings is 1. The molecule has 0 atom stereocenters.